The van der Waals surface area contributed by atoms with E-state index >= 15 is 0 Å². The van der Waals surface area contributed by atoms with Gasteiger partial charge in [0, 0.05) is 13.1 Å². The molecule has 1 aliphatic heterocycles. The third-order valence-corrected chi connectivity index (χ3v) is 4.17. The third-order valence-electron chi connectivity index (χ3n) is 4.17. The zero-order valence-corrected chi connectivity index (χ0v) is 11.1. The number of halogens is 4. The van der Waals surface area contributed by atoms with Gasteiger partial charge in [0.25, 0.3) is 5.91 Å². The van der Waals surface area contributed by atoms with E-state index in [4.69, 9.17) is 5.73 Å². The van der Waals surface area contributed by atoms with Crippen LogP contribution in [0.3, 0.4) is 0 Å². The fraction of sp³-hybridized carbons (Fsp3) is 0.500. The molecule has 1 amide bonds. The van der Waals surface area contributed by atoms with Crippen LogP contribution < -0.4 is 5.73 Å². The smallest absolute Gasteiger partial charge is 0.335 e. The molecule has 3 rings (SSSR count). The number of carbonyl (C=O) groups excluding carboxylic acids is 1. The average molecular weight is 302 g/mol. The van der Waals surface area contributed by atoms with Crippen LogP contribution in [0.4, 0.5) is 17.6 Å². The molecule has 0 atom stereocenters. The number of amides is 1. The number of alkyl halides is 3. The Hall–Kier alpha value is -1.63. The minimum absolute atomic E-state index is 0.270. The fourth-order valence-electron chi connectivity index (χ4n) is 2.76. The summed E-state index contributed by atoms with van der Waals surface area (Å²) in [6, 6.07) is 1.86. The molecule has 1 aromatic carbocycles. The molecule has 0 bridgehead atoms. The van der Waals surface area contributed by atoms with Crippen molar-refractivity contribution in [2.24, 2.45) is 11.7 Å². The number of hydrogen-bond donors (Lipinski definition) is 1. The van der Waals surface area contributed by atoms with E-state index < -0.39 is 34.6 Å². The molecule has 2 fully saturated rings. The van der Waals surface area contributed by atoms with Gasteiger partial charge >= 0.3 is 6.18 Å². The summed E-state index contributed by atoms with van der Waals surface area (Å²) in [5.74, 6) is -1.32. The fourth-order valence-corrected chi connectivity index (χ4v) is 2.76. The number of nitrogens with zero attached hydrogens (tertiary/aromatic N) is 1. The number of nitrogens with two attached hydrogens (primary N) is 1. The van der Waals surface area contributed by atoms with Gasteiger partial charge in [-0.3, -0.25) is 4.79 Å². The van der Waals surface area contributed by atoms with Crippen LogP contribution in [0.1, 0.15) is 28.8 Å². The second kappa shape index (κ2) is 4.43. The van der Waals surface area contributed by atoms with Gasteiger partial charge in [-0.25, -0.2) is 4.39 Å². The Morgan fingerprint density at radius 3 is 2.43 bits per heavy atom. The summed E-state index contributed by atoms with van der Waals surface area (Å²) in [4.78, 5) is 13.4. The molecule has 21 heavy (non-hydrogen) atoms. The van der Waals surface area contributed by atoms with Crippen LogP contribution in [-0.2, 0) is 6.18 Å². The second-order valence-electron chi connectivity index (χ2n) is 5.86. The summed E-state index contributed by atoms with van der Waals surface area (Å²) in [6.45, 7) is 0.540. The Kier molecular flexibility index (Phi) is 3.02. The number of carbonyl (C=O) groups is 1. The molecule has 114 valence electrons. The molecule has 2 N–H and O–H groups in total. The predicted molar refractivity (Wildman–Crippen MR) is 66.9 cm³/mol. The minimum Gasteiger partial charge on any atom is -0.335 e. The maximum absolute atomic E-state index is 13.6. The molecule has 0 radical (unpaired) electrons. The summed E-state index contributed by atoms with van der Waals surface area (Å²) in [7, 11) is 0. The van der Waals surface area contributed by atoms with Crippen LogP contribution in [0.15, 0.2) is 18.2 Å². The summed E-state index contributed by atoms with van der Waals surface area (Å²) in [5.41, 5.74) is 4.05. The standard InChI is InChI=1S/C14H14F4N2O/c15-11-4-3-9(14(16,17)18)5-10(11)12(21)20-6-13(19,7-20)8-1-2-8/h3-5,8H,1-2,6-7,19H2. The Morgan fingerprint density at radius 1 is 1.29 bits per heavy atom. The van der Waals surface area contributed by atoms with Crippen molar-refractivity contribution >= 4 is 5.91 Å². The lowest BCUT2D eigenvalue weighted by Gasteiger charge is -2.48. The van der Waals surface area contributed by atoms with Crippen LogP contribution in [-0.4, -0.2) is 29.4 Å². The Labute approximate surface area is 118 Å². The molecule has 3 nitrogen and oxygen atoms in total. The first-order valence-corrected chi connectivity index (χ1v) is 6.66. The molecule has 2 aliphatic rings. The Bertz CT molecular complexity index is 589. The molecule has 0 spiro atoms. The van der Waals surface area contributed by atoms with Gasteiger partial charge in [0.15, 0.2) is 0 Å². The van der Waals surface area contributed by atoms with Crippen molar-refractivity contribution in [1.82, 2.24) is 4.90 Å². The van der Waals surface area contributed by atoms with Gasteiger partial charge in [-0.15, -0.1) is 0 Å². The predicted octanol–water partition coefficient (Wildman–Crippen LogP) is 2.41. The van der Waals surface area contributed by atoms with Crippen molar-refractivity contribution in [1.29, 1.82) is 0 Å². The number of benzene rings is 1. The SMILES string of the molecule is NC1(C2CC2)CN(C(=O)c2cc(C(F)(F)F)ccc2F)C1. The maximum atomic E-state index is 13.6. The van der Waals surface area contributed by atoms with Crippen molar-refractivity contribution in [2.45, 2.75) is 24.6 Å². The van der Waals surface area contributed by atoms with E-state index in [9.17, 15) is 22.4 Å². The molecule has 7 heteroatoms. The van der Waals surface area contributed by atoms with Gasteiger partial charge in [-0.05, 0) is 37.0 Å². The van der Waals surface area contributed by atoms with E-state index in [1.807, 2.05) is 0 Å². The molecule has 1 aliphatic carbocycles. The summed E-state index contributed by atoms with van der Waals surface area (Å²) >= 11 is 0. The minimum atomic E-state index is -4.61. The zero-order chi connectivity index (χ0) is 15.4. The summed E-state index contributed by atoms with van der Waals surface area (Å²) in [5, 5.41) is 0. The highest BCUT2D eigenvalue weighted by Gasteiger charge is 2.52. The second-order valence-corrected chi connectivity index (χ2v) is 5.86. The molecular weight excluding hydrogens is 288 g/mol. The normalized spacial score (nSPS) is 21.1. The van der Waals surface area contributed by atoms with Gasteiger partial charge < -0.3 is 10.6 Å². The highest BCUT2D eigenvalue weighted by Crippen LogP contribution is 2.43. The Balaban J connectivity index is 1.79. The van der Waals surface area contributed by atoms with Crippen molar-refractivity contribution in [2.75, 3.05) is 13.1 Å². The third kappa shape index (κ3) is 2.50. The van der Waals surface area contributed by atoms with Crippen molar-refractivity contribution in [3.63, 3.8) is 0 Å². The van der Waals surface area contributed by atoms with Crippen molar-refractivity contribution in [3.8, 4) is 0 Å². The van der Waals surface area contributed by atoms with Gasteiger partial charge in [-0.2, -0.15) is 13.2 Å². The zero-order valence-electron chi connectivity index (χ0n) is 11.1. The molecule has 1 saturated heterocycles. The lowest BCUT2D eigenvalue weighted by Crippen LogP contribution is -2.69. The molecule has 1 saturated carbocycles. The highest BCUT2D eigenvalue weighted by atomic mass is 19.4. The first-order valence-electron chi connectivity index (χ1n) is 6.66. The highest BCUT2D eigenvalue weighted by molar-refractivity contribution is 5.95. The van der Waals surface area contributed by atoms with Crippen LogP contribution in [0.25, 0.3) is 0 Å². The van der Waals surface area contributed by atoms with Gasteiger partial charge in [-0.1, -0.05) is 0 Å². The van der Waals surface area contributed by atoms with Gasteiger partial charge in [0.2, 0.25) is 0 Å². The molecule has 1 aromatic rings. The Morgan fingerprint density at radius 2 is 1.90 bits per heavy atom. The summed E-state index contributed by atoms with van der Waals surface area (Å²) < 4.78 is 51.5. The van der Waals surface area contributed by atoms with Crippen LogP contribution in [0, 0.1) is 11.7 Å². The van der Waals surface area contributed by atoms with Gasteiger partial charge in [0.05, 0.1) is 16.7 Å². The molecule has 0 aromatic heterocycles. The molecular formula is C14H14F4N2O. The van der Waals surface area contributed by atoms with E-state index in [1.54, 1.807) is 0 Å². The lowest BCUT2D eigenvalue weighted by molar-refractivity contribution is -0.137. The van der Waals surface area contributed by atoms with Crippen LogP contribution >= 0.6 is 0 Å². The number of hydrogen-bond acceptors (Lipinski definition) is 2. The van der Waals surface area contributed by atoms with Crippen molar-refractivity contribution < 1.29 is 22.4 Å². The first-order chi connectivity index (χ1) is 9.71. The number of rotatable bonds is 2. The van der Waals surface area contributed by atoms with E-state index in [0.717, 1.165) is 12.8 Å². The molecule has 1 heterocycles. The van der Waals surface area contributed by atoms with E-state index in [1.165, 1.54) is 4.90 Å². The number of likely N-dealkylation sites (tertiary alicyclic amines) is 1. The first kappa shape index (κ1) is 14.3. The maximum Gasteiger partial charge on any atom is 0.416 e. The lowest BCUT2D eigenvalue weighted by atomic mass is 9.85. The summed E-state index contributed by atoms with van der Waals surface area (Å²) in [6.07, 6.45) is -2.59. The quantitative estimate of drug-likeness (QED) is 0.853. The van der Waals surface area contributed by atoms with E-state index in [-0.39, 0.29) is 13.1 Å². The molecule has 0 unspecified atom stereocenters. The average Bonchev–Trinajstić information content (AvgIpc) is 3.17. The van der Waals surface area contributed by atoms with Crippen LogP contribution in [0.2, 0.25) is 0 Å². The van der Waals surface area contributed by atoms with E-state index in [2.05, 4.69) is 0 Å². The monoisotopic (exact) mass is 302 g/mol. The topological polar surface area (TPSA) is 46.3 Å². The van der Waals surface area contributed by atoms with Crippen LogP contribution in [0.5, 0.6) is 0 Å². The van der Waals surface area contributed by atoms with Crippen molar-refractivity contribution in [3.05, 3.63) is 35.1 Å². The largest absolute Gasteiger partial charge is 0.416 e. The van der Waals surface area contributed by atoms with E-state index in [0.29, 0.717) is 24.1 Å². The van der Waals surface area contributed by atoms with Gasteiger partial charge in [0.1, 0.15) is 5.82 Å².